The molecule has 24 heavy (non-hydrogen) atoms. The van der Waals surface area contributed by atoms with E-state index in [2.05, 4.69) is 5.32 Å². The summed E-state index contributed by atoms with van der Waals surface area (Å²) in [5.74, 6) is -0.591. The average molecular weight is 345 g/mol. The molecule has 0 aliphatic heterocycles. The number of aliphatic hydroxyl groups is 1. The SMILES string of the molecule is O=C(Cc1ccc(F)cc1)NCC(O)(c1ccoc1)c1cccs1. The molecule has 0 bridgehead atoms. The molecule has 0 aliphatic rings. The molecule has 2 heterocycles. The van der Waals surface area contributed by atoms with E-state index in [0.29, 0.717) is 16.0 Å². The highest BCUT2D eigenvalue weighted by Crippen LogP contribution is 2.32. The van der Waals surface area contributed by atoms with Gasteiger partial charge < -0.3 is 14.8 Å². The lowest BCUT2D eigenvalue weighted by molar-refractivity contribution is -0.121. The van der Waals surface area contributed by atoms with Gasteiger partial charge in [-0.05, 0) is 35.2 Å². The number of benzene rings is 1. The van der Waals surface area contributed by atoms with Gasteiger partial charge in [-0.3, -0.25) is 4.79 Å². The molecule has 6 heteroatoms. The van der Waals surface area contributed by atoms with Gasteiger partial charge in [0.2, 0.25) is 5.91 Å². The molecule has 2 N–H and O–H groups in total. The minimum absolute atomic E-state index is 0.0209. The van der Waals surface area contributed by atoms with E-state index in [9.17, 15) is 14.3 Å². The van der Waals surface area contributed by atoms with Crippen LogP contribution in [0.4, 0.5) is 4.39 Å². The van der Waals surface area contributed by atoms with Gasteiger partial charge in [0.05, 0.1) is 25.5 Å². The zero-order valence-corrected chi connectivity index (χ0v) is 13.6. The van der Waals surface area contributed by atoms with Crippen LogP contribution < -0.4 is 5.32 Å². The third kappa shape index (κ3) is 3.55. The Kier molecular flexibility index (Phi) is 4.78. The van der Waals surface area contributed by atoms with Gasteiger partial charge in [-0.15, -0.1) is 11.3 Å². The molecule has 0 saturated heterocycles. The first-order valence-electron chi connectivity index (χ1n) is 7.38. The summed E-state index contributed by atoms with van der Waals surface area (Å²) < 4.78 is 18.0. The second-order valence-electron chi connectivity index (χ2n) is 5.43. The molecule has 0 fully saturated rings. The third-order valence-electron chi connectivity index (χ3n) is 3.75. The van der Waals surface area contributed by atoms with Crippen LogP contribution in [0.2, 0.25) is 0 Å². The number of hydrogen-bond acceptors (Lipinski definition) is 4. The lowest BCUT2D eigenvalue weighted by Crippen LogP contribution is -2.41. The predicted octanol–water partition coefficient (Wildman–Crippen LogP) is 3.08. The maximum absolute atomic E-state index is 12.9. The topological polar surface area (TPSA) is 62.5 Å². The second kappa shape index (κ2) is 6.98. The lowest BCUT2D eigenvalue weighted by Gasteiger charge is -2.26. The molecule has 0 saturated carbocycles. The van der Waals surface area contributed by atoms with E-state index in [4.69, 9.17) is 4.42 Å². The van der Waals surface area contributed by atoms with Crippen molar-refractivity contribution < 1.29 is 18.7 Å². The molecule has 1 aromatic carbocycles. The van der Waals surface area contributed by atoms with Crippen LogP contribution in [0, 0.1) is 5.82 Å². The minimum atomic E-state index is -1.35. The van der Waals surface area contributed by atoms with Crippen LogP contribution in [-0.2, 0) is 16.8 Å². The van der Waals surface area contributed by atoms with Gasteiger partial charge in [0.25, 0.3) is 0 Å². The highest BCUT2D eigenvalue weighted by atomic mass is 32.1. The molecule has 4 nitrogen and oxygen atoms in total. The first kappa shape index (κ1) is 16.4. The molecular weight excluding hydrogens is 329 g/mol. The molecule has 1 amide bonds. The Bertz CT molecular complexity index is 748. The third-order valence-corrected chi connectivity index (χ3v) is 4.77. The van der Waals surface area contributed by atoms with Crippen LogP contribution in [0.3, 0.4) is 0 Å². The van der Waals surface area contributed by atoms with Crippen molar-refractivity contribution in [3.63, 3.8) is 0 Å². The Hall–Kier alpha value is -2.44. The molecular formula is C18H16FNO3S. The summed E-state index contributed by atoms with van der Waals surface area (Å²) >= 11 is 1.40. The lowest BCUT2D eigenvalue weighted by atomic mass is 9.94. The number of halogens is 1. The van der Waals surface area contributed by atoms with Crippen LogP contribution in [0.25, 0.3) is 0 Å². The first-order chi connectivity index (χ1) is 11.6. The fourth-order valence-corrected chi connectivity index (χ4v) is 3.27. The maximum atomic E-state index is 12.9. The molecule has 1 unspecified atom stereocenters. The largest absolute Gasteiger partial charge is 0.472 e. The van der Waals surface area contributed by atoms with E-state index in [1.54, 1.807) is 18.2 Å². The number of thiophene rings is 1. The fraction of sp³-hybridized carbons (Fsp3) is 0.167. The van der Waals surface area contributed by atoms with Gasteiger partial charge in [-0.1, -0.05) is 18.2 Å². The maximum Gasteiger partial charge on any atom is 0.224 e. The summed E-state index contributed by atoms with van der Waals surface area (Å²) in [7, 11) is 0. The molecule has 0 aliphatic carbocycles. The highest BCUT2D eigenvalue weighted by Gasteiger charge is 2.34. The summed E-state index contributed by atoms with van der Waals surface area (Å²) in [6.07, 6.45) is 3.06. The molecule has 3 aromatic rings. The zero-order chi connectivity index (χ0) is 17.0. The summed E-state index contributed by atoms with van der Waals surface area (Å²) in [4.78, 5) is 12.9. The van der Waals surface area contributed by atoms with E-state index in [1.807, 2.05) is 17.5 Å². The van der Waals surface area contributed by atoms with Gasteiger partial charge in [0, 0.05) is 10.4 Å². The van der Waals surface area contributed by atoms with Gasteiger partial charge in [0.1, 0.15) is 11.4 Å². The van der Waals surface area contributed by atoms with Crippen molar-refractivity contribution in [1.82, 2.24) is 5.32 Å². The normalized spacial score (nSPS) is 13.4. The number of carbonyl (C=O) groups excluding carboxylic acids is 1. The van der Waals surface area contributed by atoms with Crippen LogP contribution in [-0.4, -0.2) is 17.6 Å². The van der Waals surface area contributed by atoms with Gasteiger partial charge in [-0.2, -0.15) is 0 Å². The quantitative estimate of drug-likeness (QED) is 0.722. The van der Waals surface area contributed by atoms with E-state index in [1.165, 1.54) is 36.0 Å². The van der Waals surface area contributed by atoms with Crippen LogP contribution in [0.15, 0.2) is 64.8 Å². The summed E-state index contributed by atoms with van der Waals surface area (Å²) in [5, 5.41) is 15.7. The average Bonchev–Trinajstić information content (AvgIpc) is 3.28. The first-order valence-corrected chi connectivity index (χ1v) is 8.26. The van der Waals surface area contributed by atoms with E-state index < -0.39 is 5.60 Å². The summed E-state index contributed by atoms with van der Waals surface area (Å²) in [6, 6.07) is 11.1. The number of amides is 1. The van der Waals surface area contributed by atoms with Crippen LogP contribution in [0.1, 0.15) is 16.0 Å². The molecule has 1 atom stereocenters. The number of hydrogen-bond donors (Lipinski definition) is 2. The van der Waals surface area contributed by atoms with Crippen LogP contribution >= 0.6 is 11.3 Å². The molecule has 3 rings (SSSR count). The van der Waals surface area contributed by atoms with Crippen molar-refractivity contribution >= 4 is 17.2 Å². The van der Waals surface area contributed by atoms with Crippen LogP contribution in [0.5, 0.6) is 0 Å². The number of carbonyl (C=O) groups is 1. The Labute approximate surface area is 142 Å². The van der Waals surface area contributed by atoms with Crippen molar-refractivity contribution in [2.24, 2.45) is 0 Å². The van der Waals surface area contributed by atoms with Gasteiger partial charge >= 0.3 is 0 Å². The van der Waals surface area contributed by atoms with Crippen molar-refractivity contribution in [1.29, 1.82) is 0 Å². The van der Waals surface area contributed by atoms with E-state index in [-0.39, 0.29) is 24.7 Å². The Morgan fingerprint density at radius 1 is 1.25 bits per heavy atom. The van der Waals surface area contributed by atoms with Crippen molar-refractivity contribution in [2.45, 2.75) is 12.0 Å². The Morgan fingerprint density at radius 2 is 2.04 bits per heavy atom. The molecule has 124 valence electrons. The minimum Gasteiger partial charge on any atom is -0.472 e. The smallest absolute Gasteiger partial charge is 0.224 e. The monoisotopic (exact) mass is 345 g/mol. The zero-order valence-electron chi connectivity index (χ0n) is 12.7. The predicted molar refractivity (Wildman–Crippen MR) is 89.1 cm³/mol. The summed E-state index contributed by atoms with van der Waals surface area (Å²) in [6.45, 7) is 0.0209. The van der Waals surface area contributed by atoms with E-state index in [0.717, 1.165) is 0 Å². The Balaban J connectivity index is 1.70. The van der Waals surface area contributed by atoms with Crippen molar-refractivity contribution in [3.05, 3.63) is 82.2 Å². The van der Waals surface area contributed by atoms with E-state index >= 15 is 0 Å². The molecule has 0 radical (unpaired) electrons. The number of furan rings is 1. The number of rotatable bonds is 6. The fourth-order valence-electron chi connectivity index (χ4n) is 2.42. The Morgan fingerprint density at radius 3 is 2.67 bits per heavy atom. The van der Waals surface area contributed by atoms with Gasteiger partial charge in [0.15, 0.2) is 0 Å². The second-order valence-corrected chi connectivity index (χ2v) is 6.38. The highest BCUT2D eigenvalue weighted by molar-refractivity contribution is 7.10. The van der Waals surface area contributed by atoms with Gasteiger partial charge in [-0.25, -0.2) is 4.39 Å². The molecule has 2 aromatic heterocycles. The summed E-state index contributed by atoms with van der Waals surface area (Å²) in [5.41, 5.74) is -0.0662. The van der Waals surface area contributed by atoms with Crippen molar-refractivity contribution in [3.8, 4) is 0 Å². The standard InChI is InChI=1S/C18H16FNO3S/c19-15-5-3-13(4-6-15)10-17(21)20-12-18(22,14-7-8-23-11-14)16-2-1-9-24-16/h1-9,11,22H,10,12H2,(H,20,21). The number of nitrogens with one attached hydrogen (secondary N) is 1. The van der Waals surface area contributed by atoms with Crippen molar-refractivity contribution in [2.75, 3.05) is 6.54 Å². The molecule has 0 spiro atoms.